The van der Waals surface area contributed by atoms with Crippen molar-refractivity contribution in [2.75, 3.05) is 52.9 Å². The van der Waals surface area contributed by atoms with Gasteiger partial charge in [0.1, 0.15) is 146 Å². The van der Waals surface area contributed by atoms with Gasteiger partial charge in [0.2, 0.25) is 23.6 Å². The van der Waals surface area contributed by atoms with Crippen LogP contribution in [0.1, 0.15) is 260 Å². The number of carbonyl (C=O) groups is 8. The molecular formula is C98H170N4O47. The molecule has 7 fully saturated rings. The van der Waals surface area contributed by atoms with Crippen LogP contribution in [0, 0.1) is 5.92 Å². The second-order valence-corrected chi connectivity index (χ2v) is 40.3. The first kappa shape index (κ1) is 130. The molecule has 4 amide bonds. The highest BCUT2D eigenvalue weighted by Crippen LogP contribution is 2.46. The third kappa shape index (κ3) is 37.2. The van der Waals surface area contributed by atoms with E-state index in [1.165, 1.54) is 96.0 Å². The van der Waals surface area contributed by atoms with E-state index in [2.05, 4.69) is 35.1 Å². The number of rotatable bonds is 69. The van der Waals surface area contributed by atoms with Crippen molar-refractivity contribution in [3.8, 4) is 0 Å². The highest BCUT2D eigenvalue weighted by Gasteiger charge is 2.66. The van der Waals surface area contributed by atoms with Crippen LogP contribution in [0.3, 0.4) is 0 Å². The summed E-state index contributed by atoms with van der Waals surface area (Å²) in [6.45, 7) is -2.15. The Balaban J connectivity index is 1.23. The van der Waals surface area contributed by atoms with Crippen LogP contribution < -0.4 is 21.3 Å². The Labute approximate surface area is 865 Å². The van der Waals surface area contributed by atoms with E-state index in [9.17, 15) is 166 Å². The average Bonchev–Trinajstić information content (AvgIpc) is 0.740. The molecule has 51 nitrogen and oxygen atoms in total. The zero-order valence-electron chi connectivity index (χ0n) is 85.9. The van der Waals surface area contributed by atoms with Gasteiger partial charge in [-0.25, -0.2) is 14.4 Å². The molecule has 29 N–H and O–H groups in total. The molecule has 149 heavy (non-hydrogen) atoms. The topological polar surface area (TPSA) is 820 Å². The Bertz CT molecular complexity index is 3950. The molecule has 864 valence electrons. The first-order chi connectivity index (χ1) is 70.9. The van der Waals surface area contributed by atoms with Crippen LogP contribution in [0.4, 0.5) is 0 Å². The SMILES string of the molecule is CCCCCCCCCCCCCC=CC(O)C(COC1OC(CO)C(OC2OC(CO)C(OC3OC(CO)C(O)C(OC4OC(CO)C(O)C(O)C4O)C3CC(C)=O)C(OC3(C(=O)O)CC(O)C(NC(C)=O)C(C(O)C(CO)OC4(C(=O)O)CC(O)C(NC(C)=O)C(C(O)C(CO)OC5(C(=O)O)CC(O)C(NC(C)=O)C(C(O)C(O)CO)O5)O4)O3)C2O)C(O)C1O)NC(=O)CCCCCCCCCCCCCCCCCCC. The zero-order valence-corrected chi connectivity index (χ0v) is 85.9. The number of carbonyl (C=O) groups excluding carboxylic acids is 5. The fourth-order valence-electron chi connectivity index (χ4n) is 20.1. The van der Waals surface area contributed by atoms with Gasteiger partial charge in [0.25, 0.3) is 17.4 Å². The number of hydrogen-bond acceptors (Lipinski definition) is 44. The molecular weight excluding hydrogens is 1990 g/mol. The molecule has 0 aliphatic carbocycles. The average molecular weight is 2160 g/mol. The highest BCUT2D eigenvalue weighted by molar-refractivity contribution is 5.79. The molecule has 0 bridgehead atoms. The number of carboxylic acid groups (broad SMARTS) is 3. The number of ketones is 1. The van der Waals surface area contributed by atoms with E-state index in [0.29, 0.717) is 12.8 Å². The molecule has 40 unspecified atom stereocenters. The molecule has 0 spiro atoms. The summed E-state index contributed by atoms with van der Waals surface area (Å²) < 4.78 is 84.5. The van der Waals surface area contributed by atoms with E-state index < -0.39 is 369 Å². The lowest BCUT2D eigenvalue weighted by molar-refractivity contribution is -0.407. The van der Waals surface area contributed by atoms with E-state index in [4.69, 9.17) is 66.3 Å². The lowest BCUT2D eigenvalue weighted by Gasteiger charge is -2.53. The molecule has 51 heteroatoms. The van der Waals surface area contributed by atoms with Crippen LogP contribution >= 0.6 is 0 Å². The van der Waals surface area contributed by atoms with Crippen molar-refractivity contribution in [3.05, 3.63) is 12.2 Å². The van der Waals surface area contributed by atoms with Crippen LogP contribution in [0.5, 0.6) is 0 Å². The van der Waals surface area contributed by atoms with E-state index in [1.54, 1.807) is 6.08 Å². The smallest absolute Gasteiger partial charge is 0.364 e. The third-order valence-corrected chi connectivity index (χ3v) is 28.4. The molecule has 40 atom stereocenters. The van der Waals surface area contributed by atoms with E-state index in [-0.39, 0.29) is 6.42 Å². The van der Waals surface area contributed by atoms with E-state index in [1.807, 2.05) is 0 Å². The quantitative estimate of drug-likeness (QED) is 0.0201. The van der Waals surface area contributed by atoms with Crippen molar-refractivity contribution in [3.63, 3.8) is 0 Å². The largest absolute Gasteiger partial charge is 0.477 e. The van der Waals surface area contributed by atoms with Gasteiger partial charge in [-0.05, 0) is 26.2 Å². The Morgan fingerprint density at radius 1 is 0.383 bits per heavy atom. The van der Waals surface area contributed by atoms with Crippen molar-refractivity contribution < 1.29 is 232 Å². The second kappa shape index (κ2) is 64.8. The van der Waals surface area contributed by atoms with Gasteiger partial charge >= 0.3 is 17.9 Å². The Kier molecular flexibility index (Phi) is 56.6. The minimum atomic E-state index is -3.81. The number of aliphatic carboxylic acids is 3. The molecule has 7 aliphatic heterocycles. The fourth-order valence-corrected chi connectivity index (χ4v) is 20.1. The maximum absolute atomic E-state index is 14.7. The van der Waals surface area contributed by atoms with Gasteiger partial charge in [-0.15, -0.1) is 0 Å². The van der Waals surface area contributed by atoms with Gasteiger partial charge in [0, 0.05) is 58.8 Å². The maximum Gasteiger partial charge on any atom is 0.364 e. The van der Waals surface area contributed by atoms with Crippen LogP contribution in [0.25, 0.3) is 0 Å². The summed E-state index contributed by atoms with van der Waals surface area (Å²) in [5, 5.41) is 296. The normalized spacial score (nSPS) is 35.2. The van der Waals surface area contributed by atoms with E-state index in [0.717, 1.165) is 111 Å². The molecule has 0 aromatic carbocycles. The van der Waals surface area contributed by atoms with Crippen molar-refractivity contribution in [2.24, 2.45) is 5.92 Å². The summed E-state index contributed by atoms with van der Waals surface area (Å²) in [7, 11) is 0. The minimum absolute atomic E-state index is 0.0563. The minimum Gasteiger partial charge on any atom is -0.477 e. The first-order valence-electron chi connectivity index (χ1n) is 52.6. The lowest BCUT2D eigenvalue weighted by Crippen LogP contribution is -2.72. The van der Waals surface area contributed by atoms with Crippen LogP contribution in [-0.2, 0) is 105 Å². The third-order valence-electron chi connectivity index (χ3n) is 28.4. The van der Waals surface area contributed by atoms with Gasteiger partial charge in [0.15, 0.2) is 25.2 Å². The summed E-state index contributed by atoms with van der Waals surface area (Å²) in [4.78, 5) is 108. The first-order valence-corrected chi connectivity index (χ1v) is 52.6. The molecule has 7 saturated heterocycles. The number of amides is 4. The maximum atomic E-state index is 14.7. The predicted octanol–water partition coefficient (Wildman–Crippen LogP) is -4.82. The number of allylic oxidation sites excluding steroid dienone is 1. The lowest BCUT2D eigenvalue weighted by atomic mass is 9.86. The molecule has 7 rings (SSSR count). The standard InChI is InChI=1S/C98H170N4O47/c1-7-9-11-13-15-17-19-21-22-23-24-26-28-30-32-34-36-38-68(119)102-56(57(114)37-35-33-31-29-27-25-20-18-16-14-12-10-8-2)50-136-90-80(128)78(126)83(66(48-108)139-90)142-92-81(129)88(84(67(49-109)140-92)143-89-55(39-51(3)110)82(74(122)63(45-105)137-89)141-91-79(127)77(125)73(121)62(44-104)138-91)149-98(95(134)135)42-60(117)71(101-54(6)113)87(148-98)76(124)65(47-107)145-97(94(132)133)41-59(116)70(100-53(5)112)86(147-97)75(123)64(46-106)144-96(93(130)131)40-58(115)69(99-52(4)111)85(146-96)72(120)61(118)43-103/h35,37,55-67,69-92,103-109,114-118,120-129H,7-34,36,38-50H2,1-6H3,(H,99,111)(H,100,112)(H,101,113)(H,102,119)(H,130,131)(H,132,133)(H,134,135). The van der Waals surface area contributed by atoms with E-state index >= 15 is 0 Å². The number of unbranched alkanes of at least 4 members (excludes halogenated alkanes) is 27. The monoisotopic (exact) mass is 2160 g/mol. The summed E-state index contributed by atoms with van der Waals surface area (Å²) >= 11 is 0. The fraction of sp³-hybridized carbons (Fsp3) is 0.898. The van der Waals surface area contributed by atoms with Gasteiger partial charge in [-0.1, -0.05) is 193 Å². The number of carboxylic acids is 3. The van der Waals surface area contributed by atoms with Crippen molar-refractivity contribution in [1.29, 1.82) is 0 Å². The molecule has 7 aliphatic rings. The Morgan fingerprint density at radius 2 is 0.745 bits per heavy atom. The van der Waals surface area contributed by atoms with Gasteiger partial charge in [-0.2, -0.15) is 0 Å². The highest BCUT2D eigenvalue weighted by atomic mass is 16.8. The zero-order chi connectivity index (χ0) is 110. The number of hydrogen-bond donors (Lipinski definition) is 29. The van der Waals surface area contributed by atoms with Crippen LogP contribution in [0.2, 0.25) is 0 Å². The Morgan fingerprint density at radius 3 is 1.16 bits per heavy atom. The van der Waals surface area contributed by atoms with Crippen LogP contribution in [-0.4, -0.2) is 465 Å². The second-order valence-electron chi connectivity index (χ2n) is 40.3. The van der Waals surface area contributed by atoms with Gasteiger partial charge in [0.05, 0.1) is 108 Å². The van der Waals surface area contributed by atoms with Crippen molar-refractivity contribution >= 4 is 47.3 Å². The van der Waals surface area contributed by atoms with Gasteiger partial charge < -0.3 is 220 Å². The number of ether oxygens (including phenoxy) is 14. The summed E-state index contributed by atoms with van der Waals surface area (Å²) in [5.74, 6) is -24.3. The molecule has 0 aromatic heterocycles. The number of Topliss-reactive ketones (excluding diaryl/α,β-unsaturated/α-hetero) is 1. The molecule has 0 saturated carbocycles. The summed E-state index contributed by atoms with van der Waals surface area (Å²) in [6.07, 6.45) is -44.4. The summed E-state index contributed by atoms with van der Waals surface area (Å²) in [5.41, 5.74) is 0. The van der Waals surface area contributed by atoms with Gasteiger partial charge in [-0.3, -0.25) is 19.2 Å². The van der Waals surface area contributed by atoms with Crippen molar-refractivity contribution in [2.45, 2.75) is 497 Å². The number of nitrogens with one attached hydrogen (secondary N) is 4. The summed E-state index contributed by atoms with van der Waals surface area (Å²) in [6, 6.07) is -7.45. The molecule has 0 aromatic rings. The van der Waals surface area contributed by atoms with Crippen LogP contribution in [0.15, 0.2) is 12.2 Å². The predicted molar refractivity (Wildman–Crippen MR) is 512 cm³/mol. The molecule has 7 heterocycles. The Hall–Kier alpha value is -5.74. The number of aliphatic hydroxyl groups is 22. The van der Waals surface area contributed by atoms with Crippen molar-refractivity contribution in [1.82, 2.24) is 21.3 Å². The number of aliphatic hydroxyl groups excluding tert-OH is 22. The molecule has 0 radical (unpaired) electrons.